The third kappa shape index (κ3) is 64.7. The van der Waals surface area contributed by atoms with Gasteiger partial charge in [0.1, 0.15) is 13.2 Å². The Kier molecular flexibility index (Phi) is 65.6. The van der Waals surface area contributed by atoms with Crippen LogP contribution in [0, 0.1) is 0 Å². The van der Waals surface area contributed by atoms with Crippen molar-refractivity contribution in [2.45, 2.75) is 406 Å². The lowest BCUT2D eigenvalue weighted by Gasteiger charge is -2.18. The molecule has 0 amide bonds. The van der Waals surface area contributed by atoms with Gasteiger partial charge in [-0.1, -0.05) is 334 Å². The molecule has 6 nitrogen and oxygen atoms in total. The first kappa shape index (κ1) is 75.9. The second-order valence-electron chi connectivity index (χ2n) is 24.1. The Balaban J connectivity index is 4.18. The number of carbonyl (C=O) groups excluding carboxylic acids is 3. The molecule has 0 aromatic heterocycles. The topological polar surface area (TPSA) is 78.9 Å². The molecular formula is C72H136O6. The van der Waals surface area contributed by atoms with Crippen molar-refractivity contribution < 1.29 is 28.6 Å². The predicted molar refractivity (Wildman–Crippen MR) is 340 cm³/mol. The molecule has 0 bridgehead atoms. The smallest absolute Gasteiger partial charge is 0.306 e. The van der Waals surface area contributed by atoms with Crippen molar-refractivity contribution in [1.82, 2.24) is 0 Å². The van der Waals surface area contributed by atoms with Gasteiger partial charge < -0.3 is 14.2 Å². The minimum atomic E-state index is -0.772. The maximum absolute atomic E-state index is 12.9. The van der Waals surface area contributed by atoms with Crippen molar-refractivity contribution in [2.24, 2.45) is 0 Å². The summed E-state index contributed by atoms with van der Waals surface area (Å²) in [5.74, 6) is -0.845. The van der Waals surface area contributed by atoms with Crippen LogP contribution in [-0.2, 0) is 28.6 Å². The summed E-state index contributed by atoms with van der Waals surface area (Å²) in [5.41, 5.74) is 0. The Bertz CT molecular complexity index is 1260. The summed E-state index contributed by atoms with van der Waals surface area (Å²) in [6, 6.07) is 0. The molecular weight excluding hydrogens is 961 g/mol. The second-order valence-corrected chi connectivity index (χ2v) is 24.1. The first-order valence-electron chi connectivity index (χ1n) is 35.3. The third-order valence-corrected chi connectivity index (χ3v) is 16.2. The zero-order valence-corrected chi connectivity index (χ0v) is 53.0. The summed E-state index contributed by atoms with van der Waals surface area (Å²) in [4.78, 5) is 38.4. The number of unbranched alkanes of at least 4 members (excludes halogenated alkanes) is 51. The Morgan fingerprint density at radius 3 is 0.641 bits per heavy atom. The highest BCUT2D eigenvalue weighted by Crippen LogP contribution is 2.18. The Hall–Kier alpha value is -2.11. The molecule has 0 rings (SSSR count). The van der Waals surface area contributed by atoms with Crippen LogP contribution in [0.15, 0.2) is 24.3 Å². The summed E-state index contributed by atoms with van der Waals surface area (Å²) in [6.45, 7) is 6.71. The average molecular weight is 1100 g/mol. The molecule has 1 atom stereocenters. The lowest BCUT2D eigenvalue weighted by atomic mass is 10.0. The third-order valence-electron chi connectivity index (χ3n) is 16.2. The molecule has 0 aliphatic heterocycles. The lowest BCUT2D eigenvalue weighted by Crippen LogP contribution is -2.30. The van der Waals surface area contributed by atoms with Gasteiger partial charge in [-0.3, -0.25) is 14.4 Å². The van der Waals surface area contributed by atoms with Gasteiger partial charge in [-0.15, -0.1) is 0 Å². The number of ether oxygens (including phenoxy) is 3. The van der Waals surface area contributed by atoms with Gasteiger partial charge in [0.15, 0.2) is 6.10 Å². The molecule has 0 heterocycles. The van der Waals surface area contributed by atoms with E-state index in [2.05, 4.69) is 45.1 Å². The normalized spacial score (nSPS) is 12.1. The van der Waals surface area contributed by atoms with Crippen LogP contribution in [0.5, 0.6) is 0 Å². The van der Waals surface area contributed by atoms with Crippen LogP contribution in [0.1, 0.15) is 400 Å². The molecule has 0 N–H and O–H groups in total. The molecule has 0 aliphatic carbocycles. The van der Waals surface area contributed by atoms with Crippen LogP contribution in [0.4, 0.5) is 0 Å². The number of hydrogen-bond donors (Lipinski definition) is 0. The van der Waals surface area contributed by atoms with Crippen molar-refractivity contribution in [3.63, 3.8) is 0 Å². The Labute approximate surface area is 487 Å². The van der Waals surface area contributed by atoms with Gasteiger partial charge in [0.2, 0.25) is 0 Å². The fraction of sp³-hybridized carbons (Fsp3) is 0.903. The maximum Gasteiger partial charge on any atom is 0.306 e. The van der Waals surface area contributed by atoms with E-state index in [0.717, 1.165) is 64.2 Å². The van der Waals surface area contributed by atoms with Crippen molar-refractivity contribution in [3.05, 3.63) is 24.3 Å². The van der Waals surface area contributed by atoms with Gasteiger partial charge in [0.05, 0.1) is 0 Å². The molecule has 0 aromatic rings. The predicted octanol–water partition coefficient (Wildman–Crippen LogP) is 24.2. The monoisotopic (exact) mass is 1100 g/mol. The lowest BCUT2D eigenvalue weighted by molar-refractivity contribution is -0.167. The summed E-state index contributed by atoms with van der Waals surface area (Å²) in [7, 11) is 0. The van der Waals surface area contributed by atoms with Crippen molar-refractivity contribution in [1.29, 1.82) is 0 Å². The SMILES string of the molecule is CCCCCCCCC/C=C\CCCCCCCC(=O)OC(COC(=O)CCCCCCCCCCCCCCCCC)COC(=O)CCCCCCCCCCCCCCCCCCC/C=C\CCCCCCCCCC. The first-order valence-corrected chi connectivity index (χ1v) is 35.3. The van der Waals surface area contributed by atoms with E-state index in [4.69, 9.17) is 14.2 Å². The van der Waals surface area contributed by atoms with Crippen LogP contribution in [0.25, 0.3) is 0 Å². The van der Waals surface area contributed by atoms with Crippen molar-refractivity contribution in [3.8, 4) is 0 Å². The largest absolute Gasteiger partial charge is 0.462 e. The quantitative estimate of drug-likeness (QED) is 0.0261. The van der Waals surface area contributed by atoms with E-state index in [1.165, 1.54) is 295 Å². The van der Waals surface area contributed by atoms with Gasteiger partial charge in [0.25, 0.3) is 0 Å². The van der Waals surface area contributed by atoms with Gasteiger partial charge in [-0.25, -0.2) is 0 Å². The van der Waals surface area contributed by atoms with E-state index < -0.39 is 6.10 Å². The van der Waals surface area contributed by atoms with Gasteiger partial charge in [0, 0.05) is 19.3 Å². The summed E-state index contributed by atoms with van der Waals surface area (Å²) < 4.78 is 17.0. The number of rotatable bonds is 66. The molecule has 6 heteroatoms. The van der Waals surface area contributed by atoms with E-state index in [1.54, 1.807) is 0 Å². The molecule has 0 saturated carbocycles. The van der Waals surface area contributed by atoms with Crippen molar-refractivity contribution in [2.75, 3.05) is 13.2 Å². The summed E-state index contributed by atoms with van der Waals surface area (Å²) in [6.07, 6.45) is 82.1. The zero-order chi connectivity index (χ0) is 56.4. The standard InChI is InChI=1S/C72H136O6/c1-4-7-10-13-16-19-22-25-28-30-31-32-33-34-35-36-37-38-39-40-41-42-45-47-50-53-56-59-62-65-71(74)77-68-69(67-76-70(73)64-61-58-55-52-49-46-43-27-24-21-18-15-12-9-6-3)78-72(75)66-63-60-57-54-51-48-44-29-26-23-20-17-14-11-8-5-2/h29-31,44,69H,4-28,32-43,45-68H2,1-3H3/b31-30-,44-29-. The number of esters is 3. The van der Waals surface area contributed by atoms with E-state index in [0.29, 0.717) is 19.3 Å². The second kappa shape index (κ2) is 67.4. The molecule has 0 aliphatic rings. The van der Waals surface area contributed by atoms with Gasteiger partial charge in [-0.05, 0) is 70.6 Å². The van der Waals surface area contributed by atoms with Crippen LogP contribution >= 0.6 is 0 Å². The van der Waals surface area contributed by atoms with Gasteiger partial charge in [-0.2, -0.15) is 0 Å². The highest BCUT2D eigenvalue weighted by atomic mass is 16.6. The van der Waals surface area contributed by atoms with Crippen LogP contribution < -0.4 is 0 Å². The van der Waals surface area contributed by atoms with E-state index in [-0.39, 0.29) is 31.1 Å². The fourth-order valence-corrected chi connectivity index (χ4v) is 10.8. The molecule has 78 heavy (non-hydrogen) atoms. The fourth-order valence-electron chi connectivity index (χ4n) is 10.8. The molecule has 1 unspecified atom stereocenters. The molecule has 0 saturated heterocycles. The van der Waals surface area contributed by atoms with E-state index in [1.807, 2.05) is 0 Å². The number of hydrogen-bond acceptors (Lipinski definition) is 6. The molecule has 0 radical (unpaired) electrons. The van der Waals surface area contributed by atoms with E-state index in [9.17, 15) is 14.4 Å². The van der Waals surface area contributed by atoms with Crippen LogP contribution in [0.2, 0.25) is 0 Å². The zero-order valence-electron chi connectivity index (χ0n) is 53.0. The average Bonchev–Trinajstić information content (AvgIpc) is 3.44. The number of allylic oxidation sites excluding steroid dienone is 4. The molecule has 0 aromatic carbocycles. The molecule has 460 valence electrons. The minimum absolute atomic E-state index is 0.0683. The van der Waals surface area contributed by atoms with E-state index >= 15 is 0 Å². The molecule has 0 fully saturated rings. The van der Waals surface area contributed by atoms with Crippen LogP contribution in [0.3, 0.4) is 0 Å². The summed E-state index contributed by atoms with van der Waals surface area (Å²) >= 11 is 0. The highest BCUT2D eigenvalue weighted by Gasteiger charge is 2.19. The highest BCUT2D eigenvalue weighted by molar-refractivity contribution is 5.71. The maximum atomic E-state index is 12.9. The Morgan fingerprint density at radius 2 is 0.423 bits per heavy atom. The van der Waals surface area contributed by atoms with Crippen LogP contribution in [-0.4, -0.2) is 37.2 Å². The minimum Gasteiger partial charge on any atom is -0.462 e. The van der Waals surface area contributed by atoms with Crippen molar-refractivity contribution >= 4 is 17.9 Å². The Morgan fingerprint density at radius 1 is 0.244 bits per heavy atom. The molecule has 0 spiro atoms. The summed E-state index contributed by atoms with van der Waals surface area (Å²) in [5, 5.41) is 0. The first-order chi connectivity index (χ1) is 38.5. The van der Waals surface area contributed by atoms with Gasteiger partial charge >= 0.3 is 17.9 Å². The number of carbonyl (C=O) groups is 3.